The van der Waals surface area contributed by atoms with E-state index in [2.05, 4.69) is 48.2 Å². The van der Waals surface area contributed by atoms with Gasteiger partial charge in [-0.3, -0.25) is 14.7 Å². The highest BCUT2D eigenvalue weighted by atomic mass is 32.2. The Kier molecular flexibility index (Phi) is 9.40. The zero-order valence-corrected chi connectivity index (χ0v) is 27.3. The fourth-order valence-electron chi connectivity index (χ4n) is 4.76. The number of carbonyl (C=O) groups excluding carboxylic acids is 2. The predicted octanol–water partition coefficient (Wildman–Crippen LogP) is 4.78. The van der Waals surface area contributed by atoms with E-state index >= 15 is 0 Å². The highest BCUT2D eigenvalue weighted by Crippen LogP contribution is 2.46. The van der Waals surface area contributed by atoms with Crippen LogP contribution < -0.4 is 15.5 Å². The van der Waals surface area contributed by atoms with Crippen molar-refractivity contribution < 1.29 is 22.6 Å². The lowest BCUT2D eigenvalue weighted by Crippen LogP contribution is -2.50. The van der Waals surface area contributed by atoms with E-state index in [0.717, 1.165) is 54.3 Å². The Morgan fingerprint density at radius 1 is 0.977 bits per heavy atom. The highest BCUT2D eigenvalue weighted by molar-refractivity contribution is 7.85. The van der Waals surface area contributed by atoms with Crippen LogP contribution in [0.4, 0.5) is 22.1 Å². The second kappa shape index (κ2) is 12.6. The molecule has 0 unspecified atom stereocenters. The van der Waals surface area contributed by atoms with Crippen LogP contribution in [0, 0.1) is 19.3 Å². The maximum Gasteiger partial charge on any atom is 0.324 e. The number of aryl methyl sites for hydroxylation is 2. The minimum atomic E-state index is -3.67. The minimum absolute atomic E-state index is 0.128. The number of hydrogen-bond donors (Lipinski definition) is 3. The van der Waals surface area contributed by atoms with Crippen molar-refractivity contribution in [2.75, 3.05) is 48.0 Å². The molecule has 1 saturated heterocycles. The fraction of sp³-hybridized carbons (Fsp3) is 0.484. The quantitative estimate of drug-likeness (QED) is 0.343. The van der Waals surface area contributed by atoms with Gasteiger partial charge in [0.1, 0.15) is 11.6 Å². The maximum atomic E-state index is 13.1. The molecule has 2 fully saturated rings. The number of anilines is 3. The third-order valence-electron chi connectivity index (χ3n) is 7.75. The number of carbonyl (C=O) groups is 2. The van der Waals surface area contributed by atoms with Crippen molar-refractivity contribution in [3.8, 4) is 5.69 Å². The molecule has 3 amide bonds. The van der Waals surface area contributed by atoms with Gasteiger partial charge in [0, 0.05) is 43.1 Å². The van der Waals surface area contributed by atoms with Gasteiger partial charge in [-0.05, 0) is 50.5 Å². The molecular weight excluding hydrogens is 582 g/mol. The second-order valence-corrected chi connectivity index (χ2v) is 14.4. The molecule has 238 valence electrons. The number of hydrogen-bond acceptors (Lipinski definition) is 7. The van der Waals surface area contributed by atoms with Gasteiger partial charge in [-0.1, -0.05) is 45.4 Å². The van der Waals surface area contributed by atoms with Crippen molar-refractivity contribution in [3.05, 3.63) is 59.4 Å². The lowest BCUT2D eigenvalue weighted by molar-refractivity contribution is -0.136. The molecule has 13 heteroatoms. The molecule has 2 aliphatic rings. The van der Waals surface area contributed by atoms with E-state index in [-0.39, 0.29) is 22.8 Å². The van der Waals surface area contributed by atoms with Crippen LogP contribution >= 0.6 is 0 Å². The number of aromatic nitrogens is 3. The molecule has 3 heterocycles. The number of benzene rings is 1. The Balaban J connectivity index is 0.000000818. The third-order valence-corrected chi connectivity index (χ3v) is 7.75. The molecule has 5 rings (SSSR count). The Hall–Kier alpha value is -3.97. The molecule has 1 saturated carbocycles. The number of pyridine rings is 1. The van der Waals surface area contributed by atoms with E-state index in [0.29, 0.717) is 30.9 Å². The number of amides is 3. The van der Waals surface area contributed by atoms with Crippen molar-refractivity contribution >= 4 is 39.4 Å². The van der Waals surface area contributed by atoms with Crippen LogP contribution in [0.3, 0.4) is 0 Å². The molecule has 3 N–H and O–H groups in total. The van der Waals surface area contributed by atoms with Gasteiger partial charge < -0.3 is 15.1 Å². The van der Waals surface area contributed by atoms with Crippen LogP contribution in [0.15, 0.2) is 42.6 Å². The van der Waals surface area contributed by atoms with Crippen molar-refractivity contribution in [2.24, 2.45) is 5.41 Å². The topological polar surface area (TPSA) is 150 Å². The van der Waals surface area contributed by atoms with E-state index in [1.807, 2.05) is 55.1 Å². The molecule has 0 atom stereocenters. The molecule has 0 bridgehead atoms. The van der Waals surface area contributed by atoms with Crippen molar-refractivity contribution in [2.45, 2.75) is 59.8 Å². The van der Waals surface area contributed by atoms with Crippen LogP contribution in [-0.2, 0) is 20.3 Å². The standard InChI is InChI=1S/C30H39N7O2.CH4O3S/c1-20-7-9-22(10-8-20)37-26(18-24(34-37)29(3,4)5)33-28(39)32-23-19-31-25(17-21(23)2)35-13-15-36(16-14-35)27(38)30(6)11-12-30;1-5(2,3)4/h7-10,17-19H,11-16H2,1-6H3,(H2,32,33,39);1H3,(H,2,3,4). The molecule has 12 nitrogen and oxygen atoms in total. The summed E-state index contributed by atoms with van der Waals surface area (Å²) in [5.41, 5.74) is 4.18. The van der Waals surface area contributed by atoms with E-state index in [1.165, 1.54) is 0 Å². The van der Waals surface area contributed by atoms with Gasteiger partial charge >= 0.3 is 6.03 Å². The van der Waals surface area contributed by atoms with Crippen LogP contribution in [0.1, 0.15) is 57.4 Å². The van der Waals surface area contributed by atoms with Gasteiger partial charge in [-0.25, -0.2) is 14.5 Å². The van der Waals surface area contributed by atoms with Crippen LogP contribution in [0.2, 0.25) is 0 Å². The van der Waals surface area contributed by atoms with Crippen molar-refractivity contribution in [3.63, 3.8) is 0 Å². The first-order chi connectivity index (χ1) is 20.4. The monoisotopic (exact) mass is 625 g/mol. The van der Waals surface area contributed by atoms with Gasteiger partial charge in [0.05, 0.1) is 29.5 Å². The summed E-state index contributed by atoms with van der Waals surface area (Å²) in [4.78, 5) is 34.5. The molecule has 1 aromatic carbocycles. The first-order valence-electron chi connectivity index (χ1n) is 14.6. The van der Waals surface area contributed by atoms with E-state index in [9.17, 15) is 18.0 Å². The smallest absolute Gasteiger partial charge is 0.324 e. The summed E-state index contributed by atoms with van der Waals surface area (Å²) in [6, 6.07) is 11.6. The van der Waals surface area contributed by atoms with Gasteiger partial charge in [-0.2, -0.15) is 13.5 Å². The molecule has 1 aliphatic carbocycles. The number of nitrogens with zero attached hydrogens (tertiary/aromatic N) is 5. The van der Waals surface area contributed by atoms with E-state index < -0.39 is 10.1 Å². The summed E-state index contributed by atoms with van der Waals surface area (Å²) in [5, 5.41) is 10.7. The summed E-state index contributed by atoms with van der Waals surface area (Å²) in [5.74, 6) is 1.74. The molecular formula is C31H43N7O5S. The lowest BCUT2D eigenvalue weighted by Gasteiger charge is -2.36. The Labute approximate surface area is 259 Å². The van der Waals surface area contributed by atoms with Gasteiger partial charge in [0.25, 0.3) is 10.1 Å². The largest absolute Gasteiger partial charge is 0.353 e. The zero-order valence-electron chi connectivity index (χ0n) is 26.5. The number of nitrogens with one attached hydrogen (secondary N) is 2. The maximum absolute atomic E-state index is 13.1. The number of rotatable bonds is 5. The molecule has 44 heavy (non-hydrogen) atoms. The Morgan fingerprint density at radius 2 is 1.57 bits per heavy atom. The summed E-state index contributed by atoms with van der Waals surface area (Å²) in [7, 11) is -3.67. The van der Waals surface area contributed by atoms with Crippen molar-refractivity contribution in [1.29, 1.82) is 0 Å². The summed E-state index contributed by atoms with van der Waals surface area (Å²) < 4.78 is 27.6. The summed E-state index contributed by atoms with van der Waals surface area (Å²) in [6.07, 6.45) is 4.42. The molecule has 0 spiro atoms. The first kappa shape index (κ1) is 32.9. The van der Waals surface area contributed by atoms with Gasteiger partial charge in [-0.15, -0.1) is 0 Å². The predicted molar refractivity (Wildman–Crippen MR) is 172 cm³/mol. The average molecular weight is 626 g/mol. The van der Waals surface area contributed by atoms with Crippen LogP contribution in [0.25, 0.3) is 5.69 Å². The number of urea groups is 1. The van der Waals surface area contributed by atoms with Crippen molar-refractivity contribution in [1.82, 2.24) is 19.7 Å². The zero-order chi connectivity index (χ0) is 32.4. The third kappa shape index (κ3) is 8.56. The lowest BCUT2D eigenvalue weighted by atomic mass is 9.92. The van der Waals surface area contributed by atoms with E-state index in [1.54, 1.807) is 10.9 Å². The van der Waals surface area contributed by atoms with Gasteiger partial charge in [0.15, 0.2) is 0 Å². The highest BCUT2D eigenvalue weighted by Gasteiger charge is 2.47. The van der Waals surface area contributed by atoms with Gasteiger partial charge in [0.2, 0.25) is 5.91 Å². The normalized spacial score (nSPS) is 16.1. The Bertz CT molecular complexity index is 1610. The first-order valence-corrected chi connectivity index (χ1v) is 16.5. The molecule has 1 aliphatic heterocycles. The molecule has 2 aromatic heterocycles. The second-order valence-electron chi connectivity index (χ2n) is 12.9. The SMILES string of the molecule is CS(=O)(=O)O.Cc1ccc(-n2nc(C(C)(C)C)cc2NC(=O)Nc2cnc(N3CCN(C(=O)C4(C)CC4)CC3)cc2C)cc1. The van der Waals surface area contributed by atoms with Crippen LogP contribution in [0.5, 0.6) is 0 Å². The number of piperazine rings is 1. The molecule has 3 aromatic rings. The fourth-order valence-corrected chi connectivity index (χ4v) is 4.76. The van der Waals surface area contributed by atoms with Crippen LogP contribution in [-0.4, -0.2) is 77.0 Å². The molecule has 0 radical (unpaired) electrons. The minimum Gasteiger partial charge on any atom is -0.353 e. The summed E-state index contributed by atoms with van der Waals surface area (Å²) in [6.45, 7) is 15.3. The van der Waals surface area contributed by atoms with E-state index in [4.69, 9.17) is 9.65 Å². The summed E-state index contributed by atoms with van der Waals surface area (Å²) >= 11 is 0. The average Bonchev–Trinajstić information content (AvgIpc) is 3.54. The Morgan fingerprint density at radius 3 is 2.09 bits per heavy atom.